The molecule has 0 fully saturated rings. The highest BCUT2D eigenvalue weighted by atomic mass is 16.6. The van der Waals surface area contributed by atoms with Crippen LogP contribution in [0.2, 0.25) is 0 Å². The summed E-state index contributed by atoms with van der Waals surface area (Å²) in [4.78, 5) is 0. The summed E-state index contributed by atoms with van der Waals surface area (Å²) in [5.74, 6) is 0. The molecule has 0 saturated carbocycles. The highest BCUT2D eigenvalue weighted by Gasteiger charge is 1.96. The Morgan fingerprint density at radius 3 is 0.686 bits per heavy atom. The summed E-state index contributed by atoms with van der Waals surface area (Å²) in [5, 5.41) is 0. The molecule has 0 atom stereocenters. The summed E-state index contributed by atoms with van der Waals surface area (Å²) in [5.41, 5.74) is 0. The van der Waals surface area contributed by atoms with E-state index in [1.54, 1.807) is 0 Å². The summed E-state index contributed by atoms with van der Waals surface area (Å²) in [6.45, 7) is 11.3. The molecule has 5 nitrogen and oxygen atoms in total. The number of rotatable bonds is 32. The van der Waals surface area contributed by atoms with Gasteiger partial charge in [0, 0.05) is 13.2 Å². The van der Waals surface area contributed by atoms with Crippen molar-refractivity contribution in [1.29, 1.82) is 0 Å². The van der Waals surface area contributed by atoms with Crippen molar-refractivity contribution >= 4 is 0 Å². The Kier molecular flexibility index (Phi) is 33.6. The van der Waals surface area contributed by atoms with Gasteiger partial charge in [0.1, 0.15) is 0 Å². The van der Waals surface area contributed by atoms with Crippen molar-refractivity contribution in [3.05, 3.63) is 0 Å². The van der Waals surface area contributed by atoms with Crippen LogP contribution in [-0.4, -0.2) is 66.1 Å². The van der Waals surface area contributed by atoms with Crippen molar-refractivity contribution in [2.24, 2.45) is 0 Å². The van der Waals surface area contributed by atoms with Crippen molar-refractivity contribution < 1.29 is 23.7 Å². The molecule has 0 aliphatic heterocycles. The van der Waals surface area contributed by atoms with Crippen LogP contribution in [0.4, 0.5) is 0 Å². The zero-order chi connectivity index (χ0) is 25.3. The third kappa shape index (κ3) is 33.8. The van der Waals surface area contributed by atoms with Crippen LogP contribution in [0.15, 0.2) is 0 Å². The van der Waals surface area contributed by atoms with E-state index in [-0.39, 0.29) is 0 Å². The zero-order valence-electron chi connectivity index (χ0n) is 23.8. The molecule has 0 heterocycles. The van der Waals surface area contributed by atoms with Gasteiger partial charge in [-0.2, -0.15) is 0 Å². The number of ether oxygens (including phenoxy) is 5. The van der Waals surface area contributed by atoms with Gasteiger partial charge in [-0.1, -0.05) is 117 Å². The van der Waals surface area contributed by atoms with Gasteiger partial charge in [-0.25, -0.2) is 0 Å². The Bertz CT molecular complexity index is 322. The SMILES string of the molecule is CCCCCCCCCCCCCCCOCCOCCOCCOCCOCCCCCCC. The van der Waals surface area contributed by atoms with Crippen LogP contribution in [0.25, 0.3) is 0 Å². The lowest BCUT2D eigenvalue weighted by Crippen LogP contribution is -2.13. The molecular weight excluding hydrogens is 440 g/mol. The molecule has 5 heteroatoms. The molecule has 0 aliphatic carbocycles. The van der Waals surface area contributed by atoms with Crippen LogP contribution >= 0.6 is 0 Å². The van der Waals surface area contributed by atoms with Crippen LogP contribution in [-0.2, 0) is 23.7 Å². The second kappa shape index (κ2) is 33.8. The van der Waals surface area contributed by atoms with Crippen molar-refractivity contribution in [2.45, 2.75) is 129 Å². The van der Waals surface area contributed by atoms with Gasteiger partial charge in [-0.05, 0) is 12.8 Å². The monoisotopic (exact) mass is 502 g/mol. The largest absolute Gasteiger partial charge is 0.379 e. The molecule has 0 saturated heterocycles. The van der Waals surface area contributed by atoms with Gasteiger partial charge in [0.2, 0.25) is 0 Å². The van der Waals surface area contributed by atoms with Crippen molar-refractivity contribution in [3.63, 3.8) is 0 Å². The average molecular weight is 503 g/mol. The lowest BCUT2D eigenvalue weighted by molar-refractivity contribution is -0.0114. The van der Waals surface area contributed by atoms with E-state index < -0.39 is 0 Å². The molecule has 0 N–H and O–H groups in total. The Morgan fingerprint density at radius 1 is 0.229 bits per heavy atom. The van der Waals surface area contributed by atoms with E-state index in [2.05, 4.69) is 13.8 Å². The first-order chi connectivity index (χ1) is 17.4. The van der Waals surface area contributed by atoms with Crippen LogP contribution in [0, 0.1) is 0 Å². The van der Waals surface area contributed by atoms with E-state index in [1.165, 1.54) is 109 Å². The lowest BCUT2D eigenvalue weighted by Gasteiger charge is -2.08. The first-order valence-electron chi connectivity index (χ1n) is 15.3. The zero-order valence-corrected chi connectivity index (χ0v) is 23.8. The van der Waals surface area contributed by atoms with Gasteiger partial charge in [-0.15, -0.1) is 0 Å². The van der Waals surface area contributed by atoms with Crippen LogP contribution in [0.5, 0.6) is 0 Å². The maximum absolute atomic E-state index is 5.66. The molecule has 0 amide bonds. The third-order valence-electron chi connectivity index (χ3n) is 6.27. The fourth-order valence-electron chi connectivity index (χ4n) is 4.01. The Morgan fingerprint density at radius 2 is 0.429 bits per heavy atom. The standard InChI is InChI=1S/C30H62O5/c1-3-5-7-9-10-11-12-13-14-15-16-18-20-22-32-24-26-34-28-30-35-29-27-33-25-23-31-21-19-17-8-6-4-2/h3-30H2,1-2H3. The Balaban J connectivity index is 3.00. The van der Waals surface area contributed by atoms with Gasteiger partial charge in [-0.3, -0.25) is 0 Å². The van der Waals surface area contributed by atoms with Crippen molar-refractivity contribution in [2.75, 3.05) is 66.1 Å². The summed E-state index contributed by atoms with van der Waals surface area (Å²) in [7, 11) is 0. The van der Waals surface area contributed by atoms with E-state index in [1.807, 2.05) is 0 Å². The minimum absolute atomic E-state index is 0.607. The topological polar surface area (TPSA) is 46.2 Å². The predicted octanol–water partition coefficient (Wildman–Crippen LogP) is 8.13. The molecule has 0 aliphatic rings. The van der Waals surface area contributed by atoms with Gasteiger partial charge in [0.15, 0.2) is 0 Å². The molecule has 0 aromatic carbocycles. The van der Waals surface area contributed by atoms with E-state index in [0.29, 0.717) is 52.9 Å². The summed E-state index contributed by atoms with van der Waals surface area (Å²) >= 11 is 0. The van der Waals surface area contributed by atoms with Gasteiger partial charge >= 0.3 is 0 Å². The molecule has 35 heavy (non-hydrogen) atoms. The second-order valence-electron chi connectivity index (χ2n) is 9.72. The molecular formula is C30H62O5. The van der Waals surface area contributed by atoms with E-state index in [4.69, 9.17) is 23.7 Å². The van der Waals surface area contributed by atoms with E-state index in [0.717, 1.165) is 19.6 Å². The fourth-order valence-corrected chi connectivity index (χ4v) is 4.01. The van der Waals surface area contributed by atoms with Crippen molar-refractivity contribution in [3.8, 4) is 0 Å². The molecule has 0 aromatic heterocycles. The summed E-state index contributed by atoms with van der Waals surface area (Å²) in [6.07, 6.45) is 24.4. The predicted molar refractivity (Wildman–Crippen MR) is 149 cm³/mol. The molecule has 212 valence electrons. The average Bonchev–Trinajstić information content (AvgIpc) is 2.87. The normalized spacial score (nSPS) is 11.5. The first kappa shape index (κ1) is 34.8. The van der Waals surface area contributed by atoms with Gasteiger partial charge < -0.3 is 23.7 Å². The highest BCUT2D eigenvalue weighted by molar-refractivity contribution is 4.49. The number of hydrogen-bond acceptors (Lipinski definition) is 5. The van der Waals surface area contributed by atoms with E-state index in [9.17, 15) is 0 Å². The molecule has 0 unspecified atom stereocenters. The molecule has 0 radical (unpaired) electrons. The third-order valence-corrected chi connectivity index (χ3v) is 6.27. The Hall–Kier alpha value is -0.200. The number of unbranched alkanes of at least 4 members (excludes halogenated alkanes) is 16. The maximum Gasteiger partial charge on any atom is 0.0701 e. The van der Waals surface area contributed by atoms with Gasteiger partial charge in [0.05, 0.1) is 52.9 Å². The fraction of sp³-hybridized carbons (Fsp3) is 1.00. The van der Waals surface area contributed by atoms with Crippen LogP contribution in [0.3, 0.4) is 0 Å². The highest BCUT2D eigenvalue weighted by Crippen LogP contribution is 2.12. The lowest BCUT2D eigenvalue weighted by atomic mass is 10.0. The van der Waals surface area contributed by atoms with Crippen LogP contribution < -0.4 is 0 Å². The smallest absolute Gasteiger partial charge is 0.0701 e. The quantitative estimate of drug-likeness (QED) is 0.0869. The van der Waals surface area contributed by atoms with Crippen LogP contribution in [0.1, 0.15) is 129 Å². The number of hydrogen-bond donors (Lipinski definition) is 0. The maximum atomic E-state index is 5.66. The molecule has 0 bridgehead atoms. The van der Waals surface area contributed by atoms with Gasteiger partial charge in [0.25, 0.3) is 0 Å². The second-order valence-corrected chi connectivity index (χ2v) is 9.72. The summed E-state index contributed by atoms with van der Waals surface area (Å²) in [6, 6.07) is 0. The first-order valence-corrected chi connectivity index (χ1v) is 15.3. The Labute approximate surface area is 219 Å². The molecule has 0 spiro atoms. The van der Waals surface area contributed by atoms with E-state index >= 15 is 0 Å². The summed E-state index contributed by atoms with van der Waals surface area (Å²) < 4.78 is 27.8. The van der Waals surface area contributed by atoms with Crippen molar-refractivity contribution in [1.82, 2.24) is 0 Å². The minimum atomic E-state index is 0.607. The minimum Gasteiger partial charge on any atom is -0.379 e. The molecule has 0 aromatic rings. The molecule has 0 rings (SSSR count).